The lowest BCUT2D eigenvalue weighted by Crippen LogP contribution is -2.36. The maximum Gasteiger partial charge on any atom is 0.191 e. The Labute approximate surface area is 148 Å². The fourth-order valence-corrected chi connectivity index (χ4v) is 1.90. The smallest absolute Gasteiger partial charge is 0.191 e. The molecule has 4 nitrogen and oxygen atoms in total. The molecule has 3 N–H and O–H groups in total. The summed E-state index contributed by atoms with van der Waals surface area (Å²) >= 11 is 0. The number of nitrogens with one attached hydrogen (secondary N) is 2. The lowest BCUT2D eigenvalue weighted by molar-refractivity contribution is 0.475. The fourth-order valence-electron chi connectivity index (χ4n) is 1.90. The van der Waals surface area contributed by atoms with E-state index in [1.807, 2.05) is 37.3 Å². The first-order valence-electron chi connectivity index (χ1n) is 7.12. The highest BCUT2D eigenvalue weighted by Gasteiger charge is 1.98. The SMILES string of the molecule is CCNC(=NCc1ccccc1)NCc1ccc(O)cc1.I. The summed E-state index contributed by atoms with van der Waals surface area (Å²) in [5.41, 5.74) is 2.28. The molecule has 2 rings (SSSR count). The highest BCUT2D eigenvalue weighted by molar-refractivity contribution is 14.0. The van der Waals surface area contributed by atoms with Gasteiger partial charge in [0.15, 0.2) is 5.96 Å². The van der Waals surface area contributed by atoms with Crippen molar-refractivity contribution in [3.05, 3.63) is 65.7 Å². The Kier molecular flexibility index (Phi) is 8.35. The van der Waals surface area contributed by atoms with Crippen LogP contribution < -0.4 is 10.6 Å². The average molecular weight is 411 g/mol. The molecule has 0 unspecified atom stereocenters. The number of aliphatic imine (C=N–C) groups is 1. The molecule has 0 spiro atoms. The molecule has 118 valence electrons. The van der Waals surface area contributed by atoms with Gasteiger partial charge in [0.25, 0.3) is 0 Å². The Morgan fingerprint density at radius 2 is 1.64 bits per heavy atom. The molecule has 0 fully saturated rings. The summed E-state index contributed by atoms with van der Waals surface area (Å²) < 4.78 is 0. The van der Waals surface area contributed by atoms with Crippen molar-refractivity contribution in [2.24, 2.45) is 4.99 Å². The fraction of sp³-hybridized carbons (Fsp3) is 0.235. The van der Waals surface area contributed by atoms with Crippen molar-refractivity contribution in [1.82, 2.24) is 10.6 Å². The molecule has 5 heteroatoms. The summed E-state index contributed by atoms with van der Waals surface area (Å²) in [4.78, 5) is 4.56. The number of rotatable bonds is 5. The third-order valence-corrected chi connectivity index (χ3v) is 3.00. The van der Waals surface area contributed by atoms with E-state index in [1.165, 1.54) is 5.56 Å². The number of phenolic OH excluding ortho intramolecular Hbond substituents is 1. The van der Waals surface area contributed by atoms with E-state index in [0.717, 1.165) is 18.1 Å². The van der Waals surface area contributed by atoms with E-state index in [9.17, 15) is 5.11 Å². The number of hydrogen-bond acceptors (Lipinski definition) is 2. The normalized spacial score (nSPS) is 10.7. The van der Waals surface area contributed by atoms with Crippen LogP contribution in [0.1, 0.15) is 18.1 Å². The van der Waals surface area contributed by atoms with Crippen molar-refractivity contribution >= 4 is 29.9 Å². The number of hydrogen-bond donors (Lipinski definition) is 3. The Balaban J connectivity index is 0.00000242. The van der Waals surface area contributed by atoms with Gasteiger partial charge >= 0.3 is 0 Å². The van der Waals surface area contributed by atoms with Gasteiger partial charge < -0.3 is 15.7 Å². The van der Waals surface area contributed by atoms with Crippen LogP contribution in [0.3, 0.4) is 0 Å². The predicted octanol–water partition coefficient (Wildman–Crippen LogP) is 3.27. The van der Waals surface area contributed by atoms with Gasteiger partial charge in [0.05, 0.1) is 6.54 Å². The van der Waals surface area contributed by atoms with Crippen molar-refractivity contribution in [3.8, 4) is 5.75 Å². The van der Waals surface area contributed by atoms with Gasteiger partial charge in [-0.3, -0.25) is 0 Å². The number of halogens is 1. The van der Waals surface area contributed by atoms with Crippen LogP contribution in [0.4, 0.5) is 0 Å². The maximum atomic E-state index is 9.27. The van der Waals surface area contributed by atoms with Crippen molar-refractivity contribution in [2.45, 2.75) is 20.0 Å². The molecular formula is C17H22IN3O. The van der Waals surface area contributed by atoms with Crippen molar-refractivity contribution in [3.63, 3.8) is 0 Å². The highest BCUT2D eigenvalue weighted by Crippen LogP contribution is 2.09. The molecule has 2 aromatic rings. The Morgan fingerprint density at radius 3 is 2.27 bits per heavy atom. The largest absolute Gasteiger partial charge is 0.508 e. The molecule has 0 aliphatic heterocycles. The molecule has 0 amide bonds. The third kappa shape index (κ3) is 6.34. The van der Waals surface area contributed by atoms with Gasteiger partial charge in [0, 0.05) is 13.1 Å². The Hall–Kier alpha value is -1.76. The zero-order valence-corrected chi connectivity index (χ0v) is 15.0. The topological polar surface area (TPSA) is 56.7 Å². The third-order valence-electron chi connectivity index (χ3n) is 3.00. The first-order valence-corrected chi connectivity index (χ1v) is 7.12. The molecule has 2 aromatic carbocycles. The maximum absolute atomic E-state index is 9.27. The summed E-state index contributed by atoms with van der Waals surface area (Å²) in [6, 6.07) is 17.3. The summed E-state index contributed by atoms with van der Waals surface area (Å²) in [5.74, 6) is 1.07. The summed E-state index contributed by atoms with van der Waals surface area (Å²) in [6.07, 6.45) is 0. The van der Waals surface area contributed by atoms with Crippen molar-refractivity contribution in [1.29, 1.82) is 0 Å². The van der Waals surface area contributed by atoms with Crippen LogP contribution in [0.2, 0.25) is 0 Å². The molecule has 0 radical (unpaired) electrons. The zero-order valence-electron chi connectivity index (χ0n) is 12.6. The first-order chi connectivity index (χ1) is 10.3. The predicted molar refractivity (Wildman–Crippen MR) is 102 cm³/mol. The van der Waals surface area contributed by atoms with Crippen LogP contribution in [0.5, 0.6) is 5.75 Å². The highest BCUT2D eigenvalue weighted by atomic mass is 127. The number of guanidine groups is 1. The summed E-state index contributed by atoms with van der Waals surface area (Å²) in [6.45, 7) is 4.17. The zero-order chi connectivity index (χ0) is 14.9. The minimum Gasteiger partial charge on any atom is -0.508 e. The Bertz CT molecular complexity index is 570. The quantitative estimate of drug-likeness (QED) is 0.402. The molecule has 0 atom stereocenters. The van der Waals surface area contributed by atoms with Gasteiger partial charge in [-0.1, -0.05) is 42.5 Å². The lowest BCUT2D eigenvalue weighted by atomic mass is 10.2. The van der Waals surface area contributed by atoms with Crippen LogP contribution in [-0.4, -0.2) is 17.6 Å². The van der Waals surface area contributed by atoms with E-state index in [1.54, 1.807) is 12.1 Å². The lowest BCUT2D eigenvalue weighted by Gasteiger charge is -2.11. The van der Waals surface area contributed by atoms with E-state index in [-0.39, 0.29) is 29.7 Å². The molecule has 22 heavy (non-hydrogen) atoms. The van der Waals surface area contributed by atoms with Gasteiger partial charge in [0.1, 0.15) is 5.75 Å². The van der Waals surface area contributed by atoms with E-state index >= 15 is 0 Å². The summed E-state index contributed by atoms with van der Waals surface area (Å²) in [5, 5.41) is 15.8. The minimum atomic E-state index is 0. The van der Waals surface area contributed by atoms with Gasteiger partial charge in [-0.2, -0.15) is 0 Å². The van der Waals surface area contributed by atoms with Crippen molar-refractivity contribution < 1.29 is 5.11 Å². The second kappa shape index (κ2) is 10.0. The van der Waals surface area contributed by atoms with Gasteiger partial charge in [0.2, 0.25) is 0 Å². The van der Waals surface area contributed by atoms with Crippen LogP contribution in [0.15, 0.2) is 59.6 Å². The molecule has 0 saturated carbocycles. The monoisotopic (exact) mass is 411 g/mol. The molecule has 0 bridgehead atoms. The van der Waals surface area contributed by atoms with E-state index in [0.29, 0.717) is 13.1 Å². The standard InChI is InChI=1S/C17H21N3O.HI/c1-2-18-17(19-12-14-6-4-3-5-7-14)20-13-15-8-10-16(21)11-9-15;/h3-11,21H,2,12-13H2,1H3,(H2,18,19,20);1H. The average Bonchev–Trinajstić information content (AvgIpc) is 2.52. The summed E-state index contributed by atoms with van der Waals surface area (Å²) in [7, 11) is 0. The Morgan fingerprint density at radius 1 is 0.955 bits per heavy atom. The van der Waals surface area contributed by atoms with Crippen LogP contribution >= 0.6 is 24.0 Å². The molecule has 0 aliphatic rings. The molecule has 0 aliphatic carbocycles. The second-order valence-corrected chi connectivity index (χ2v) is 4.70. The minimum absolute atomic E-state index is 0. The van der Waals surface area contributed by atoms with E-state index in [2.05, 4.69) is 27.8 Å². The van der Waals surface area contributed by atoms with Crippen molar-refractivity contribution in [2.75, 3.05) is 6.54 Å². The number of phenols is 1. The molecule has 0 saturated heterocycles. The molecule has 0 aromatic heterocycles. The van der Waals surface area contributed by atoms with E-state index < -0.39 is 0 Å². The van der Waals surface area contributed by atoms with Crippen LogP contribution in [0.25, 0.3) is 0 Å². The number of nitrogens with zero attached hydrogens (tertiary/aromatic N) is 1. The van der Waals surface area contributed by atoms with E-state index in [4.69, 9.17) is 0 Å². The van der Waals surface area contributed by atoms with Gasteiger partial charge in [-0.15, -0.1) is 24.0 Å². The molecule has 0 heterocycles. The van der Waals surface area contributed by atoms with Gasteiger partial charge in [-0.05, 0) is 30.2 Å². The first kappa shape index (κ1) is 18.3. The van der Waals surface area contributed by atoms with Crippen LogP contribution in [0, 0.1) is 0 Å². The molecular weight excluding hydrogens is 389 g/mol. The number of benzene rings is 2. The van der Waals surface area contributed by atoms with Crippen LogP contribution in [-0.2, 0) is 13.1 Å². The second-order valence-electron chi connectivity index (χ2n) is 4.70. The van der Waals surface area contributed by atoms with Gasteiger partial charge in [-0.25, -0.2) is 4.99 Å². The number of aromatic hydroxyl groups is 1.